The van der Waals surface area contributed by atoms with Gasteiger partial charge >= 0.3 is 0 Å². The highest BCUT2D eigenvalue weighted by atomic mass is 15.2. The highest BCUT2D eigenvalue weighted by Crippen LogP contribution is 2.52. The fourth-order valence-electron chi connectivity index (χ4n) is 4.99. The molecule has 1 aliphatic rings. The summed E-state index contributed by atoms with van der Waals surface area (Å²) in [5.41, 5.74) is 9.58. The molecule has 0 unspecified atom stereocenters. The van der Waals surface area contributed by atoms with E-state index in [0.29, 0.717) is 0 Å². The summed E-state index contributed by atoms with van der Waals surface area (Å²) in [6.45, 7) is 18.6. The number of benzene rings is 3. The van der Waals surface area contributed by atoms with Crippen LogP contribution in [0.5, 0.6) is 0 Å². The van der Waals surface area contributed by atoms with Crippen LogP contribution in [0.1, 0.15) is 72.1 Å². The fraction of sp³-hybridized carbons (Fsp3) is 0.379. The van der Waals surface area contributed by atoms with Crippen molar-refractivity contribution in [2.45, 2.75) is 71.8 Å². The van der Waals surface area contributed by atoms with Crippen LogP contribution in [0.25, 0.3) is 11.1 Å². The van der Waals surface area contributed by atoms with Crippen LogP contribution in [0.2, 0.25) is 0 Å². The second-order valence-corrected chi connectivity index (χ2v) is 11.2. The zero-order valence-corrected chi connectivity index (χ0v) is 19.8. The first kappa shape index (κ1) is 20.7. The van der Waals surface area contributed by atoms with E-state index < -0.39 is 0 Å². The van der Waals surface area contributed by atoms with Gasteiger partial charge in [0.15, 0.2) is 0 Å². The number of para-hydroxylation sites is 1. The Balaban J connectivity index is 2.06. The summed E-state index contributed by atoms with van der Waals surface area (Å²) in [5.74, 6) is 0. The van der Waals surface area contributed by atoms with E-state index >= 15 is 0 Å². The Bertz CT molecular complexity index is 1080. The molecule has 0 heterocycles. The Morgan fingerprint density at radius 1 is 0.667 bits per heavy atom. The maximum absolute atomic E-state index is 2.52. The summed E-state index contributed by atoms with van der Waals surface area (Å²) in [7, 11) is 0. The topological polar surface area (TPSA) is 3.24 Å². The quantitative estimate of drug-likeness (QED) is 0.421. The van der Waals surface area contributed by atoms with Gasteiger partial charge in [-0.25, -0.2) is 0 Å². The molecule has 0 amide bonds. The van der Waals surface area contributed by atoms with Gasteiger partial charge in [-0.05, 0) is 72.2 Å². The average Bonchev–Trinajstić information content (AvgIpc) is 2.88. The van der Waals surface area contributed by atoms with E-state index in [1.165, 1.54) is 39.2 Å². The minimum atomic E-state index is -0.0524. The number of hydrogen-bond acceptors (Lipinski definition) is 1. The van der Waals surface area contributed by atoms with Crippen LogP contribution in [0, 0.1) is 0 Å². The van der Waals surface area contributed by atoms with Crippen LogP contribution in [-0.4, -0.2) is 5.54 Å². The summed E-state index contributed by atoms with van der Waals surface area (Å²) >= 11 is 0. The summed E-state index contributed by atoms with van der Waals surface area (Å²) in [6, 6.07) is 24.7. The lowest BCUT2D eigenvalue weighted by Crippen LogP contribution is -2.39. The Labute approximate surface area is 182 Å². The molecular formula is C29H35N. The Morgan fingerprint density at radius 2 is 1.27 bits per heavy atom. The van der Waals surface area contributed by atoms with Crippen LogP contribution in [0.3, 0.4) is 0 Å². The highest BCUT2D eigenvalue weighted by Gasteiger charge is 2.38. The zero-order valence-electron chi connectivity index (χ0n) is 19.8. The normalized spacial score (nSPS) is 14.9. The minimum absolute atomic E-state index is 0.0176. The molecule has 3 aromatic rings. The number of hydrogen-bond donors (Lipinski definition) is 0. The molecule has 30 heavy (non-hydrogen) atoms. The molecule has 0 radical (unpaired) electrons. The highest BCUT2D eigenvalue weighted by molar-refractivity contribution is 5.86. The first-order valence-corrected chi connectivity index (χ1v) is 11.1. The second-order valence-electron chi connectivity index (χ2n) is 11.2. The predicted molar refractivity (Wildman–Crippen MR) is 131 cm³/mol. The summed E-state index contributed by atoms with van der Waals surface area (Å²) < 4.78 is 0. The van der Waals surface area contributed by atoms with Crippen LogP contribution in [-0.2, 0) is 10.8 Å². The van der Waals surface area contributed by atoms with E-state index in [1.807, 2.05) is 0 Å². The van der Waals surface area contributed by atoms with Crippen molar-refractivity contribution in [3.63, 3.8) is 0 Å². The summed E-state index contributed by atoms with van der Waals surface area (Å²) in [4.78, 5) is 2.52. The van der Waals surface area contributed by atoms with E-state index in [2.05, 4.69) is 127 Å². The third kappa shape index (κ3) is 3.25. The molecular weight excluding hydrogens is 362 g/mol. The maximum atomic E-state index is 2.52. The van der Waals surface area contributed by atoms with Gasteiger partial charge in [-0.2, -0.15) is 0 Å². The van der Waals surface area contributed by atoms with E-state index in [-0.39, 0.29) is 16.4 Å². The van der Waals surface area contributed by atoms with Gasteiger partial charge in [-0.3, -0.25) is 0 Å². The van der Waals surface area contributed by atoms with E-state index in [9.17, 15) is 0 Å². The van der Waals surface area contributed by atoms with E-state index in [1.54, 1.807) is 0 Å². The Hall–Kier alpha value is -2.54. The second kappa shape index (κ2) is 6.74. The van der Waals surface area contributed by atoms with E-state index in [0.717, 1.165) is 0 Å². The van der Waals surface area contributed by atoms with Gasteiger partial charge < -0.3 is 4.90 Å². The molecule has 156 valence electrons. The predicted octanol–water partition coefficient (Wildman–Crippen LogP) is 8.23. The van der Waals surface area contributed by atoms with Gasteiger partial charge in [0.05, 0.1) is 0 Å². The van der Waals surface area contributed by atoms with Gasteiger partial charge in [0.1, 0.15) is 0 Å². The standard InChI is InChI=1S/C29H35N/c1-27(2,3)25-19-24-22(21-16-12-13-17-23(21)29(24,7)8)18-26(25)30(28(4,5)6)20-14-10-9-11-15-20/h9-19H,1-8H3. The molecule has 0 bridgehead atoms. The lowest BCUT2D eigenvalue weighted by atomic mass is 9.77. The molecule has 3 aromatic carbocycles. The van der Waals surface area contributed by atoms with Crippen molar-refractivity contribution in [3.05, 3.63) is 83.4 Å². The zero-order chi connectivity index (χ0) is 21.9. The van der Waals surface area contributed by atoms with Crippen LogP contribution in [0.4, 0.5) is 11.4 Å². The number of fused-ring (bicyclic) bond motifs is 3. The Morgan fingerprint density at radius 3 is 1.87 bits per heavy atom. The molecule has 0 fully saturated rings. The summed E-state index contributed by atoms with van der Waals surface area (Å²) in [5, 5.41) is 0. The molecule has 1 aliphatic carbocycles. The monoisotopic (exact) mass is 397 g/mol. The lowest BCUT2D eigenvalue weighted by Gasteiger charge is -2.41. The smallest absolute Gasteiger partial charge is 0.0460 e. The van der Waals surface area contributed by atoms with Crippen molar-refractivity contribution in [1.29, 1.82) is 0 Å². The van der Waals surface area contributed by atoms with Crippen molar-refractivity contribution in [3.8, 4) is 11.1 Å². The SMILES string of the molecule is CC(C)(C)c1cc2c(cc1N(c1ccccc1)C(C)(C)C)-c1ccccc1C2(C)C. The largest absolute Gasteiger partial charge is 0.336 e. The molecule has 0 saturated heterocycles. The number of rotatable bonds is 2. The maximum Gasteiger partial charge on any atom is 0.0460 e. The molecule has 1 heteroatoms. The van der Waals surface area contributed by atoms with Crippen molar-refractivity contribution in [2.75, 3.05) is 4.90 Å². The number of anilines is 2. The molecule has 0 N–H and O–H groups in total. The van der Waals surface area contributed by atoms with Gasteiger partial charge in [0.25, 0.3) is 0 Å². The molecule has 0 aliphatic heterocycles. The fourth-order valence-corrected chi connectivity index (χ4v) is 4.99. The third-order valence-corrected chi connectivity index (χ3v) is 6.43. The van der Waals surface area contributed by atoms with Crippen molar-refractivity contribution >= 4 is 11.4 Å². The summed E-state index contributed by atoms with van der Waals surface area (Å²) in [6.07, 6.45) is 0. The molecule has 1 nitrogen and oxygen atoms in total. The van der Waals surface area contributed by atoms with Crippen LogP contribution in [0.15, 0.2) is 66.7 Å². The lowest BCUT2D eigenvalue weighted by molar-refractivity contribution is 0.542. The average molecular weight is 398 g/mol. The molecule has 0 aromatic heterocycles. The molecule has 0 atom stereocenters. The molecule has 4 rings (SSSR count). The Kier molecular flexibility index (Phi) is 4.65. The molecule has 0 spiro atoms. The van der Waals surface area contributed by atoms with E-state index in [4.69, 9.17) is 0 Å². The third-order valence-electron chi connectivity index (χ3n) is 6.43. The van der Waals surface area contributed by atoms with Gasteiger partial charge in [-0.1, -0.05) is 83.1 Å². The van der Waals surface area contributed by atoms with Crippen LogP contribution < -0.4 is 4.90 Å². The van der Waals surface area contributed by atoms with Gasteiger partial charge in [0, 0.05) is 22.3 Å². The van der Waals surface area contributed by atoms with Gasteiger partial charge in [0.2, 0.25) is 0 Å². The van der Waals surface area contributed by atoms with Crippen LogP contribution >= 0.6 is 0 Å². The van der Waals surface area contributed by atoms with Crippen molar-refractivity contribution in [2.24, 2.45) is 0 Å². The number of nitrogens with zero attached hydrogens (tertiary/aromatic N) is 1. The van der Waals surface area contributed by atoms with Crippen molar-refractivity contribution in [1.82, 2.24) is 0 Å². The first-order chi connectivity index (χ1) is 13.9. The first-order valence-electron chi connectivity index (χ1n) is 11.1. The molecule has 0 saturated carbocycles. The minimum Gasteiger partial charge on any atom is -0.336 e. The van der Waals surface area contributed by atoms with Gasteiger partial charge in [-0.15, -0.1) is 0 Å². The van der Waals surface area contributed by atoms with Crippen molar-refractivity contribution < 1.29 is 0 Å².